The summed E-state index contributed by atoms with van der Waals surface area (Å²) in [4.78, 5) is 0. The molecule has 2 heterocycles. The van der Waals surface area contributed by atoms with Crippen LogP contribution in [0.15, 0.2) is 0 Å². The highest BCUT2D eigenvalue weighted by atomic mass is 16.7. The summed E-state index contributed by atoms with van der Waals surface area (Å²) in [6.07, 6.45) is 5.18. The second-order valence-corrected chi connectivity index (χ2v) is 7.62. The Morgan fingerprint density at radius 3 is 2.22 bits per heavy atom. The van der Waals surface area contributed by atoms with Gasteiger partial charge in [-0.05, 0) is 71.2 Å². The van der Waals surface area contributed by atoms with E-state index in [2.05, 4.69) is 33.0 Å². The van der Waals surface area contributed by atoms with Crippen molar-refractivity contribution >= 4 is 7.12 Å². The van der Waals surface area contributed by atoms with Crippen molar-refractivity contribution in [2.75, 3.05) is 13.1 Å². The van der Waals surface area contributed by atoms with Crippen molar-refractivity contribution in [2.45, 2.75) is 64.5 Å². The average molecular weight is 251 g/mol. The largest absolute Gasteiger partial charge is 0.458 e. The Labute approximate surface area is 111 Å². The molecule has 3 nitrogen and oxygen atoms in total. The molecule has 0 aromatic rings. The molecule has 0 aromatic heterocycles. The quantitative estimate of drug-likeness (QED) is 0.765. The Balaban J connectivity index is 1.51. The summed E-state index contributed by atoms with van der Waals surface area (Å²) in [5.74, 6) is 0.805. The second-order valence-electron chi connectivity index (χ2n) is 7.62. The maximum atomic E-state index is 6.08. The second kappa shape index (κ2) is 3.97. The Kier molecular flexibility index (Phi) is 2.86. The molecule has 0 unspecified atom stereocenters. The smallest absolute Gasteiger partial charge is 0.403 e. The van der Waals surface area contributed by atoms with Crippen LogP contribution in [-0.4, -0.2) is 31.4 Å². The van der Waals surface area contributed by atoms with E-state index in [0.717, 1.165) is 12.2 Å². The first-order valence-corrected chi connectivity index (χ1v) is 7.38. The minimum Gasteiger partial charge on any atom is -0.403 e. The van der Waals surface area contributed by atoms with Crippen LogP contribution in [0.3, 0.4) is 0 Å². The van der Waals surface area contributed by atoms with Crippen molar-refractivity contribution in [3.63, 3.8) is 0 Å². The standard InChI is InChI=1S/C14H26BNO2/c1-12(2)13(3,4)18-15(17-12)9-11-7-14(8-11)5-6-16-10-14/h11,16H,5-10H2,1-4H3. The van der Waals surface area contributed by atoms with E-state index in [-0.39, 0.29) is 18.3 Å². The number of hydrogen-bond acceptors (Lipinski definition) is 3. The van der Waals surface area contributed by atoms with Gasteiger partial charge >= 0.3 is 7.12 Å². The Morgan fingerprint density at radius 1 is 1.11 bits per heavy atom. The van der Waals surface area contributed by atoms with Crippen LogP contribution < -0.4 is 5.32 Å². The van der Waals surface area contributed by atoms with Crippen LogP contribution >= 0.6 is 0 Å². The monoisotopic (exact) mass is 251 g/mol. The first-order valence-electron chi connectivity index (χ1n) is 7.38. The van der Waals surface area contributed by atoms with E-state index in [1.54, 1.807) is 0 Å². The van der Waals surface area contributed by atoms with Crippen LogP contribution in [-0.2, 0) is 9.31 Å². The molecule has 0 bridgehead atoms. The minimum absolute atomic E-state index is 0.00622. The van der Waals surface area contributed by atoms with Gasteiger partial charge in [-0.25, -0.2) is 0 Å². The lowest BCUT2D eigenvalue weighted by Crippen LogP contribution is -2.41. The number of nitrogens with one attached hydrogen (secondary N) is 1. The van der Waals surface area contributed by atoms with E-state index in [9.17, 15) is 0 Å². The molecule has 0 atom stereocenters. The summed E-state index contributed by atoms with van der Waals surface area (Å²) in [6.45, 7) is 11.0. The summed E-state index contributed by atoms with van der Waals surface area (Å²) >= 11 is 0. The van der Waals surface area contributed by atoms with E-state index in [0.29, 0.717) is 5.41 Å². The fourth-order valence-electron chi connectivity index (χ4n) is 3.81. The zero-order chi connectivity index (χ0) is 13.0. The fourth-order valence-corrected chi connectivity index (χ4v) is 3.81. The topological polar surface area (TPSA) is 30.5 Å². The Hall–Kier alpha value is -0.0551. The number of rotatable bonds is 2. The lowest BCUT2D eigenvalue weighted by Gasteiger charge is -2.45. The highest BCUT2D eigenvalue weighted by Crippen LogP contribution is 2.52. The van der Waals surface area contributed by atoms with Gasteiger partial charge in [-0.3, -0.25) is 0 Å². The van der Waals surface area contributed by atoms with Crippen molar-refractivity contribution < 1.29 is 9.31 Å². The summed E-state index contributed by atoms with van der Waals surface area (Å²) in [5, 5.41) is 3.49. The maximum Gasteiger partial charge on any atom is 0.458 e. The van der Waals surface area contributed by atoms with Gasteiger partial charge in [0.1, 0.15) is 0 Å². The first kappa shape index (κ1) is 13.0. The Bertz CT molecular complexity index is 313. The summed E-state index contributed by atoms with van der Waals surface area (Å²) < 4.78 is 12.2. The van der Waals surface area contributed by atoms with Crippen molar-refractivity contribution in [2.24, 2.45) is 11.3 Å². The molecule has 2 saturated heterocycles. The van der Waals surface area contributed by atoms with E-state index >= 15 is 0 Å². The molecule has 0 amide bonds. The SMILES string of the molecule is CC1(C)OB(CC2CC3(CCNC3)C2)OC1(C)C. The molecule has 0 radical (unpaired) electrons. The van der Waals surface area contributed by atoms with Gasteiger partial charge in [-0.2, -0.15) is 0 Å². The third-order valence-electron chi connectivity index (χ3n) is 5.60. The van der Waals surface area contributed by atoms with Gasteiger partial charge in [0.2, 0.25) is 0 Å². The molecular weight excluding hydrogens is 225 g/mol. The van der Waals surface area contributed by atoms with Gasteiger partial charge in [0.15, 0.2) is 0 Å². The summed E-state index contributed by atoms with van der Waals surface area (Å²) in [5.41, 5.74) is 0.288. The molecular formula is C14H26BNO2. The molecule has 3 aliphatic rings. The zero-order valence-electron chi connectivity index (χ0n) is 12.2. The highest BCUT2D eigenvalue weighted by Gasteiger charge is 2.54. The van der Waals surface area contributed by atoms with Gasteiger partial charge in [0, 0.05) is 6.54 Å². The predicted octanol–water partition coefficient (Wildman–Crippen LogP) is 2.47. The molecule has 0 aromatic carbocycles. The zero-order valence-corrected chi connectivity index (χ0v) is 12.2. The van der Waals surface area contributed by atoms with E-state index in [1.165, 1.54) is 32.4 Å². The van der Waals surface area contributed by atoms with Crippen LogP contribution in [0.1, 0.15) is 47.0 Å². The average Bonchev–Trinajstić information content (AvgIpc) is 2.70. The summed E-state index contributed by atoms with van der Waals surface area (Å²) in [6, 6.07) is 0. The van der Waals surface area contributed by atoms with Gasteiger partial charge in [-0.1, -0.05) is 0 Å². The third-order valence-corrected chi connectivity index (χ3v) is 5.60. The molecule has 1 spiro atoms. The van der Waals surface area contributed by atoms with Gasteiger partial charge in [-0.15, -0.1) is 0 Å². The van der Waals surface area contributed by atoms with Crippen molar-refractivity contribution in [3.05, 3.63) is 0 Å². The predicted molar refractivity (Wildman–Crippen MR) is 73.5 cm³/mol. The first-order chi connectivity index (χ1) is 8.32. The molecule has 1 N–H and O–H groups in total. The third kappa shape index (κ3) is 2.02. The molecule has 102 valence electrons. The lowest BCUT2D eigenvalue weighted by molar-refractivity contribution is 0.00578. The van der Waals surface area contributed by atoms with Gasteiger partial charge in [0.25, 0.3) is 0 Å². The van der Waals surface area contributed by atoms with Crippen molar-refractivity contribution in [1.29, 1.82) is 0 Å². The lowest BCUT2D eigenvalue weighted by atomic mass is 9.56. The van der Waals surface area contributed by atoms with E-state index < -0.39 is 0 Å². The number of hydrogen-bond donors (Lipinski definition) is 1. The Morgan fingerprint density at radius 2 is 1.72 bits per heavy atom. The van der Waals surface area contributed by atoms with Crippen molar-refractivity contribution in [3.8, 4) is 0 Å². The van der Waals surface area contributed by atoms with E-state index in [1.807, 2.05) is 0 Å². The van der Waals surface area contributed by atoms with Crippen molar-refractivity contribution in [1.82, 2.24) is 5.32 Å². The fraction of sp³-hybridized carbons (Fsp3) is 1.00. The van der Waals surface area contributed by atoms with Crippen LogP contribution in [0.2, 0.25) is 6.32 Å². The molecule has 1 aliphatic carbocycles. The van der Waals surface area contributed by atoms with Crippen LogP contribution in [0.25, 0.3) is 0 Å². The molecule has 2 aliphatic heterocycles. The van der Waals surface area contributed by atoms with Crippen LogP contribution in [0.4, 0.5) is 0 Å². The molecule has 3 rings (SSSR count). The molecule has 3 fully saturated rings. The van der Waals surface area contributed by atoms with Crippen LogP contribution in [0, 0.1) is 11.3 Å². The minimum atomic E-state index is -0.173. The molecule has 18 heavy (non-hydrogen) atoms. The molecule has 4 heteroatoms. The van der Waals surface area contributed by atoms with Gasteiger partial charge < -0.3 is 14.6 Å². The van der Waals surface area contributed by atoms with E-state index in [4.69, 9.17) is 9.31 Å². The summed E-state index contributed by atoms with van der Waals surface area (Å²) in [7, 11) is 0.00622. The van der Waals surface area contributed by atoms with Crippen LogP contribution in [0.5, 0.6) is 0 Å². The maximum absolute atomic E-state index is 6.08. The molecule has 1 saturated carbocycles. The normalized spacial score (nSPS) is 41.3. The highest BCUT2D eigenvalue weighted by molar-refractivity contribution is 6.45. The van der Waals surface area contributed by atoms with Gasteiger partial charge in [0.05, 0.1) is 11.2 Å².